The Balaban J connectivity index is 3.86. The van der Waals surface area contributed by atoms with E-state index in [0.717, 1.165) is 0 Å². The minimum atomic E-state index is -2.94. The highest BCUT2D eigenvalue weighted by Gasteiger charge is 2.22. The van der Waals surface area contributed by atoms with E-state index in [-0.39, 0.29) is 6.29 Å². The van der Waals surface area contributed by atoms with E-state index in [0.29, 0.717) is 32.5 Å². The van der Waals surface area contributed by atoms with Crippen LogP contribution >= 0.6 is 7.60 Å². The first-order valence-corrected chi connectivity index (χ1v) is 7.49. The molecule has 7 heteroatoms. The molecule has 0 rings (SSSR count). The lowest BCUT2D eigenvalue weighted by atomic mass is 10.6. The van der Waals surface area contributed by atoms with E-state index in [4.69, 9.17) is 18.5 Å². The van der Waals surface area contributed by atoms with Gasteiger partial charge >= 0.3 is 7.60 Å². The summed E-state index contributed by atoms with van der Waals surface area (Å²) >= 11 is 0. The zero-order valence-corrected chi connectivity index (χ0v) is 12.0. The van der Waals surface area contributed by atoms with Crippen molar-refractivity contribution in [3.8, 4) is 0 Å². The summed E-state index contributed by atoms with van der Waals surface area (Å²) in [5, 5.41) is 3.08. The number of ether oxygens (including phenoxy) is 2. The standard InChI is InChI=1S/C10H24NO5P/c1-5-15-17(12,16-6-2)8-7-11-9-10(13-3)14-4/h10-11H,5-9H2,1-4H3. The monoisotopic (exact) mass is 269 g/mol. The van der Waals surface area contributed by atoms with Crippen molar-refractivity contribution >= 4 is 7.60 Å². The van der Waals surface area contributed by atoms with Crippen molar-refractivity contribution in [3.63, 3.8) is 0 Å². The molecule has 6 nitrogen and oxygen atoms in total. The maximum Gasteiger partial charge on any atom is 0.331 e. The van der Waals surface area contributed by atoms with Crippen LogP contribution in [0.3, 0.4) is 0 Å². The summed E-state index contributed by atoms with van der Waals surface area (Å²) in [7, 11) is 0.201. The van der Waals surface area contributed by atoms with E-state index >= 15 is 0 Å². The van der Waals surface area contributed by atoms with Crippen LogP contribution in [0.2, 0.25) is 0 Å². The quantitative estimate of drug-likeness (QED) is 0.348. The van der Waals surface area contributed by atoms with Gasteiger partial charge in [0.05, 0.1) is 19.4 Å². The van der Waals surface area contributed by atoms with Gasteiger partial charge in [0.2, 0.25) is 0 Å². The Kier molecular flexibility index (Phi) is 10.0. The average molecular weight is 269 g/mol. The molecule has 0 saturated heterocycles. The SMILES string of the molecule is CCOP(=O)(CCNCC(OC)OC)OCC. The van der Waals surface area contributed by atoms with Crippen LogP contribution in [0.1, 0.15) is 13.8 Å². The summed E-state index contributed by atoms with van der Waals surface area (Å²) < 4.78 is 32.4. The molecular weight excluding hydrogens is 245 g/mol. The lowest BCUT2D eigenvalue weighted by molar-refractivity contribution is -0.0985. The first kappa shape index (κ1) is 17.0. The van der Waals surface area contributed by atoms with Crippen LogP contribution in [-0.2, 0) is 23.1 Å². The first-order chi connectivity index (χ1) is 8.11. The summed E-state index contributed by atoms with van der Waals surface area (Å²) in [6, 6.07) is 0. The molecule has 0 spiro atoms. The van der Waals surface area contributed by atoms with Crippen LogP contribution in [0.4, 0.5) is 0 Å². The fourth-order valence-corrected chi connectivity index (χ4v) is 2.81. The van der Waals surface area contributed by atoms with Gasteiger partial charge in [-0.2, -0.15) is 0 Å². The van der Waals surface area contributed by atoms with Gasteiger partial charge < -0.3 is 23.8 Å². The van der Waals surface area contributed by atoms with Gasteiger partial charge in [0.15, 0.2) is 6.29 Å². The lowest BCUT2D eigenvalue weighted by Gasteiger charge is -2.18. The molecule has 0 unspecified atom stereocenters. The highest BCUT2D eigenvalue weighted by atomic mass is 31.2. The number of methoxy groups -OCH3 is 2. The minimum Gasteiger partial charge on any atom is -0.355 e. The zero-order valence-electron chi connectivity index (χ0n) is 11.1. The average Bonchev–Trinajstić information content (AvgIpc) is 2.30. The van der Waals surface area contributed by atoms with Crippen LogP contribution in [-0.4, -0.2) is 53.0 Å². The van der Waals surface area contributed by atoms with E-state index in [1.54, 1.807) is 28.1 Å². The first-order valence-electron chi connectivity index (χ1n) is 5.76. The molecule has 0 amide bonds. The number of hydrogen-bond acceptors (Lipinski definition) is 6. The van der Waals surface area contributed by atoms with Gasteiger partial charge in [-0.3, -0.25) is 4.57 Å². The molecule has 0 aliphatic rings. The highest BCUT2D eigenvalue weighted by molar-refractivity contribution is 7.53. The van der Waals surface area contributed by atoms with Crippen molar-refractivity contribution in [2.45, 2.75) is 20.1 Å². The molecule has 0 aromatic rings. The molecule has 0 atom stereocenters. The molecule has 0 radical (unpaired) electrons. The van der Waals surface area contributed by atoms with Crippen molar-refractivity contribution in [3.05, 3.63) is 0 Å². The number of hydrogen-bond donors (Lipinski definition) is 1. The van der Waals surface area contributed by atoms with Crippen molar-refractivity contribution in [2.75, 3.05) is 46.7 Å². The number of nitrogens with one attached hydrogen (secondary N) is 1. The molecule has 17 heavy (non-hydrogen) atoms. The summed E-state index contributed by atoms with van der Waals surface area (Å²) in [4.78, 5) is 0. The molecule has 0 heterocycles. The van der Waals surface area contributed by atoms with Crippen LogP contribution in [0.15, 0.2) is 0 Å². The van der Waals surface area contributed by atoms with Gasteiger partial charge in [-0.05, 0) is 13.8 Å². The third-order valence-corrected chi connectivity index (χ3v) is 4.13. The smallest absolute Gasteiger partial charge is 0.331 e. The van der Waals surface area contributed by atoms with Crippen molar-refractivity contribution in [1.29, 1.82) is 0 Å². The molecule has 0 bridgehead atoms. The summed E-state index contributed by atoms with van der Waals surface area (Å²) in [5.41, 5.74) is 0. The minimum absolute atomic E-state index is 0.298. The van der Waals surface area contributed by atoms with Gasteiger partial charge in [-0.1, -0.05) is 0 Å². The Morgan fingerprint density at radius 3 is 2.06 bits per heavy atom. The molecule has 0 aliphatic carbocycles. The Labute approximate surface area is 103 Å². The zero-order chi connectivity index (χ0) is 13.1. The van der Waals surface area contributed by atoms with Crippen molar-refractivity contribution in [2.24, 2.45) is 0 Å². The third-order valence-electron chi connectivity index (χ3n) is 2.05. The Morgan fingerprint density at radius 2 is 1.65 bits per heavy atom. The van der Waals surface area contributed by atoms with Gasteiger partial charge in [0.1, 0.15) is 0 Å². The summed E-state index contributed by atoms with van der Waals surface area (Å²) in [6.45, 7) is 5.42. The van der Waals surface area contributed by atoms with Crippen molar-refractivity contribution in [1.82, 2.24) is 5.32 Å². The number of rotatable bonds is 11. The van der Waals surface area contributed by atoms with Crippen LogP contribution in [0.5, 0.6) is 0 Å². The van der Waals surface area contributed by atoms with Gasteiger partial charge in [0.25, 0.3) is 0 Å². The second-order valence-corrected chi connectivity index (χ2v) is 5.46. The topological polar surface area (TPSA) is 66.0 Å². The van der Waals surface area contributed by atoms with Gasteiger partial charge in [-0.15, -0.1) is 0 Å². The maximum atomic E-state index is 12.1. The Bertz CT molecular complexity index is 213. The maximum absolute atomic E-state index is 12.1. The molecule has 0 fully saturated rings. The molecular formula is C10H24NO5P. The predicted molar refractivity (Wildman–Crippen MR) is 66.4 cm³/mol. The largest absolute Gasteiger partial charge is 0.355 e. The van der Waals surface area contributed by atoms with Gasteiger partial charge in [-0.25, -0.2) is 0 Å². The van der Waals surface area contributed by atoms with Crippen molar-refractivity contribution < 1.29 is 23.1 Å². The molecule has 0 aliphatic heterocycles. The van der Waals surface area contributed by atoms with Crippen LogP contribution in [0, 0.1) is 0 Å². The van der Waals surface area contributed by atoms with E-state index in [1.165, 1.54) is 0 Å². The summed E-state index contributed by atoms with van der Waals surface area (Å²) in [5.74, 6) is 0. The second kappa shape index (κ2) is 10.00. The van der Waals surface area contributed by atoms with E-state index in [2.05, 4.69) is 5.32 Å². The van der Waals surface area contributed by atoms with Crippen LogP contribution in [0.25, 0.3) is 0 Å². The summed E-state index contributed by atoms with van der Waals surface area (Å²) in [6.07, 6.45) is 0.0445. The third kappa shape index (κ3) is 7.86. The second-order valence-electron chi connectivity index (χ2n) is 3.28. The Hall–Kier alpha value is 0.0300. The molecule has 1 N–H and O–H groups in total. The van der Waals surface area contributed by atoms with Gasteiger partial charge in [0, 0.05) is 27.3 Å². The normalized spacial score (nSPS) is 12.3. The fraction of sp³-hybridized carbons (Fsp3) is 1.00. The van der Waals surface area contributed by atoms with E-state index in [1.807, 2.05) is 0 Å². The molecule has 104 valence electrons. The lowest BCUT2D eigenvalue weighted by Crippen LogP contribution is -2.31. The molecule has 0 aromatic heterocycles. The predicted octanol–water partition coefficient (Wildman–Crippen LogP) is 1.46. The molecule has 0 saturated carbocycles. The molecule has 0 aromatic carbocycles. The highest BCUT2D eigenvalue weighted by Crippen LogP contribution is 2.47. The van der Waals surface area contributed by atoms with Crippen LogP contribution < -0.4 is 5.32 Å². The Morgan fingerprint density at radius 1 is 1.12 bits per heavy atom. The van der Waals surface area contributed by atoms with E-state index in [9.17, 15) is 4.57 Å². The van der Waals surface area contributed by atoms with E-state index < -0.39 is 7.60 Å². The fourth-order valence-electron chi connectivity index (χ4n) is 1.26.